The Bertz CT molecular complexity index is 1410. The first-order valence-electron chi connectivity index (χ1n) is 13.2. The normalized spacial score (nSPS) is 12.0. The number of benzene rings is 3. The summed E-state index contributed by atoms with van der Waals surface area (Å²) >= 11 is 6.00. The lowest BCUT2D eigenvalue weighted by atomic mass is 10.1. The van der Waals surface area contributed by atoms with Gasteiger partial charge in [0, 0.05) is 17.6 Å². The number of amides is 2. The SMILES string of the molecule is CCOc1ccc(N(CC(=O)N(Cc2ccc(OC)cc2)C(C)C(=O)NC(C)C)S(=O)(=O)c2ccc(Cl)cc2)cc1. The van der Waals surface area contributed by atoms with E-state index in [4.69, 9.17) is 21.1 Å². The van der Waals surface area contributed by atoms with Gasteiger partial charge >= 0.3 is 0 Å². The Morgan fingerprint density at radius 1 is 0.902 bits per heavy atom. The maximum absolute atomic E-state index is 14.0. The molecule has 1 unspecified atom stereocenters. The van der Waals surface area contributed by atoms with Gasteiger partial charge in [0.25, 0.3) is 10.0 Å². The Kier molecular flexibility index (Phi) is 11.0. The molecule has 3 aromatic rings. The molecule has 0 saturated heterocycles. The van der Waals surface area contributed by atoms with Crippen LogP contribution in [0.3, 0.4) is 0 Å². The number of sulfonamides is 1. The van der Waals surface area contributed by atoms with Crippen LogP contribution in [0.5, 0.6) is 11.5 Å². The fraction of sp³-hybridized carbons (Fsp3) is 0.333. The first-order chi connectivity index (χ1) is 19.5. The summed E-state index contributed by atoms with van der Waals surface area (Å²) in [6.45, 7) is 7.09. The predicted molar refractivity (Wildman–Crippen MR) is 160 cm³/mol. The molecule has 0 aliphatic heterocycles. The van der Waals surface area contributed by atoms with Gasteiger partial charge in [-0.2, -0.15) is 0 Å². The summed E-state index contributed by atoms with van der Waals surface area (Å²) in [5, 5.41) is 3.21. The highest BCUT2D eigenvalue weighted by Crippen LogP contribution is 2.27. The van der Waals surface area contributed by atoms with Crippen molar-refractivity contribution in [1.29, 1.82) is 0 Å². The molecule has 1 N–H and O–H groups in total. The number of ether oxygens (including phenoxy) is 2. The summed E-state index contributed by atoms with van der Waals surface area (Å²) in [6, 6.07) is 18.2. The van der Waals surface area contributed by atoms with Crippen molar-refractivity contribution in [1.82, 2.24) is 10.2 Å². The number of methoxy groups -OCH3 is 1. The topological polar surface area (TPSA) is 105 Å². The zero-order valence-electron chi connectivity index (χ0n) is 23.8. The van der Waals surface area contributed by atoms with E-state index in [-0.39, 0.29) is 29.1 Å². The highest BCUT2D eigenvalue weighted by Gasteiger charge is 2.32. The maximum atomic E-state index is 14.0. The number of nitrogens with one attached hydrogen (secondary N) is 1. The number of rotatable bonds is 13. The van der Waals surface area contributed by atoms with Gasteiger partial charge in [0.2, 0.25) is 11.8 Å². The molecule has 3 rings (SSSR count). The molecule has 1 atom stereocenters. The molecule has 0 fully saturated rings. The number of anilines is 1. The highest BCUT2D eigenvalue weighted by atomic mass is 35.5. The van der Waals surface area contributed by atoms with Gasteiger partial charge in [-0.1, -0.05) is 23.7 Å². The second-order valence-corrected chi connectivity index (χ2v) is 11.9. The van der Waals surface area contributed by atoms with Crippen molar-refractivity contribution < 1.29 is 27.5 Å². The molecule has 220 valence electrons. The summed E-state index contributed by atoms with van der Waals surface area (Å²) < 4.78 is 39.5. The Morgan fingerprint density at radius 3 is 2.02 bits per heavy atom. The van der Waals surface area contributed by atoms with Gasteiger partial charge in [0.05, 0.1) is 24.3 Å². The lowest BCUT2D eigenvalue weighted by Gasteiger charge is -2.32. The zero-order chi connectivity index (χ0) is 30.2. The third kappa shape index (κ3) is 8.37. The van der Waals surface area contributed by atoms with Gasteiger partial charge in [0.15, 0.2) is 0 Å². The quantitative estimate of drug-likeness (QED) is 0.299. The van der Waals surface area contributed by atoms with E-state index >= 15 is 0 Å². The van der Waals surface area contributed by atoms with Crippen LogP contribution in [-0.4, -0.2) is 57.5 Å². The molecule has 0 aliphatic carbocycles. The largest absolute Gasteiger partial charge is 0.497 e. The van der Waals surface area contributed by atoms with E-state index in [0.717, 1.165) is 9.87 Å². The molecule has 0 spiro atoms. The zero-order valence-corrected chi connectivity index (χ0v) is 25.4. The van der Waals surface area contributed by atoms with Crippen LogP contribution >= 0.6 is 11.6 Å². The standard InChI is InChI=1S/C30H36ClN3O6S/c1-6-40-27-15-11-25(12-16-27)34(41(37,38)28-17-9-24(31)10-18-28)20-29(35)33(22(4)30(36)32-21(2)3)19-23-7-13-26(39-5)14-8-23/h7-18,21-22H,6,19-20H2,1-5H3,(H,32,36). The fourth-order valence-corrected chi connectivity index (χ4v) is 5.59. The monoisotopic (exact) mass is 601 g/mol. The van der Waals surface area contributed by atoms with E-state index < -0.39 is 28.5 Å². The first-order valence-corrected chi connectivity index (χ1v) is 15.0. The molecule has 0 bridgehead atoms. The van der Waals surface area contributed by atoms with Crippen LogP contribution in [0.1, 0.15) is 33.3 Å². The Morgan fingerprint density at radius 2 is 1.49 bits per heavy atom. The number of hydrogen-bond acceptors (Lipinski definition) is 6. The molecule has 9 nitrogen and oxygen atoms in total. The summed E-state index contributed by atoms with van der Waals surface area (Å²) in [5.74, 6) is 0.299. The lowest BCUT2D eigenvalue weighted by Crippen LogP contribution is -2.52. The van der Waals surface area contributed by atoms with Crippen molar-refractivity contribution >= 4 is 39.1 Å². The molecule has 0 radical (unpaired) electrons. The number of nitrogens with zero attached hydrogens (tertiary/aromatic N) is 2. The number of carbonyl (C=O) groups excluding carboxylic acids is 2. The minimum atomic E-state index is -4.20. The van der Waals surface area contributed by atoms with Crippen LogP contribution in [-0.2, 0) is 26.2 Å². The van der Waals surface area contributed by atoms with Crippen LogP contribution < -0.4 is 19.1 Å². The molecule has 0 saturated carbocycles. The van der Waals surface area contributed by atoms with Crippen LogP contribution in [0.25, 0.3) is 0 Å². The Hall–Kier alpha value is -3.76. The van der Waals surface area contributed by atoms with Gasteiger partial charge in [-0.05, 0) is 93.9 Å². The minimum absolute atomic E-state index is 0.0316. The molecule has 3 aromatic carbocycles. The van der Waals surface area contributed by atoms with Crippen molar-refractivity contribution in [2.24, 2.45) is 0 Å². The average Bonchev–Trinajstić information content (AvgIpc) is 2.95. The Balaban J connectivity index is 2.02. The first kappa shape index (κ1) is 31.8. The Labute approximate surface area is 247 Å². The van der Waals surface area contributed by atoms with Gasteiger partial charge in [0.1, 0.15) is 24.1 Å². The van der Waals surface area contributed by atoms with E-state index in [9.17, 15) is 18.0 Å². The summed E-state index contributed by atoms with van der Waals surface area (Å²) in [5.41, 5.74) is 1.01. The van der Waals surface area contributed by atoms with E-state index in [1.165, 1.54) is 29.2 Å². The average molecular weight is 602 g/mol. The maximum Gasteiger partial charge on any atom is 0.264 e. The summed E-state index contributed by atoms with van der Waals surface area (Å²) in [4.78, 5) is 28.3. The summed E-state index contributed by atoms with van der Waals surface area (Å²) in [7, 11) is -2.65. The van der Waals surface area contributed by atoms with Gasteiger partial charge in [-0.15, -0.1) is 0 Å². The third-order valence-electron chi connectivity index (χ3n) is 6.23. The van der Waals surface area contributed by atoms with Crippen molar-refractivity contribution in [3.8, 4) is 11.5 Å². The molecule has 0 heterocycles. The molecule has 0 aromatic heterocycles. The van der Waals surface area contributed by atoms with Gasteiger partial charge < -0.3 is 19.7 Å². The van der Waals surface area contributed by atoms with Crippen molar-refractivity contribution in [3.05, 3.63) is 83.4 Å². The smallest absolute Gasteiger partial charge is 0.264 e. The van der Waals surface area contributed by atoms with Gasteiger partial charge in [-0.3, -0.25) is 13.9 Å². The second kappa shape index (κ2) is 14.2. The molecule has 11 heteroatoms. The molecular formula is C30H36ClN3O6S. The van der Waals surface area contributed by atoms with Crippen LogP contribution in [0.15, 0.2) is 77.7 Å². The molecule has 0 aliphatic rings. The highest BCUT2D eigenvalue weighted by molar-refractivity contribution is 7.92. The molecule has 41 heavy (non-hydrogen) atoms. The fourth-order valence-electron chi connectivity index (χ4n) is 4.05. The van der Waals surface area contributed by atoms with Crippen molar-refractivity contribution in [2.75, 3.05) is 24.6 Å². The second-order valence-electron chi connectivity index (χ2n) is 9.60. The van der Waals surface area contributed by atoms with E-state index in [2.05, 4.69) is 5.32 Å². The lowest BCUT2D eigenvalue weighted by molar-refractivity contribution is -0.139. The van der Waals surface area contributed by atoms with E-state index in [1.807, 2.05) is 20.8 Å². The summed E-state index contributed by atoms with van der Waals surface area (Å²) in [6.07, 6.45) is 0. The third-order valence-corrected chi connectivity index (χ3v) is 8.27. The number of hydrogen-bond donors (Lipinski definition) is 1. The van der Waals surface area contributed by atoms with E-state index in [1.54, 1.807) is 62.6 Å². The van der Waals surface area contributed by atoms with Crippen molar-refractivity contribution in [3.63, 3.8) is 0 Å². The number of carbonyl (C=O) groups is 2. The van der Waals surface area contributed by atoms with Crippen LogP contribution in [0.4, 0.5) is 5.69 Å². The van der Waals surface area contributed by atoms with E-state index in [0.29, 0.717) is 23.1 Å². The predicted octanol–water partition coefficient (Wildman–Crippen LogP) is 4.88. The number of halogens is 1. The van der Waals surface area contributed by atoms with Crippen molar-refractivity contribution in [2.45, 2.75) is 51.2 Å². The van der Waals surface area contributed by atoms with Crippen LogP contribution in [0, 0.1) is 0 Å². The van der Waals surface area contributed by atoms with Crippen LogP contribution in [0.2, 0.25) is 5.02 Å². The van der Waals surface area contributed by atoms with Gasteiger partial charge in [-0.25, -0.2) is 8.42 Å². The minimum Gasteiger partial charge on any atom is -0.497 e. The molecule has 2 amide bonds. The molecular weight excluding hydrogens is 566 g/mol.